The van der Waals surface area contributed by atoms with Gasteiger partial charge in [-0.15, -0.1) is 11.3 Å². The van der Waals surface area contributed by atoms with Crippen LogP contribution in [-0.4, -0.2) is 29.2 Å². The first-order chi connectivity index (χ1) is 11.6. The molecule has 0 bridgehead atoms. The first-order valence-electron chi connectivity index (χ1n) is 7.53. The van der Waals surface area contributed by atoms with Crippen LogP contribution in [0.1, 0.15) is 16.0 Å². The lowest BCUT2D eigenvalue weighted by Gasteiger charge is -2.13. The van der Waals surface area contributed by atoms with E-state index in [9.17, 15) is 5.11 Å². The molecule has 0 saturated heterocycles. The van der Waals surface area contributed by atoms with Crippen molar-refractivity contribution < 1.29 is 5.11 Å². The van der Waals surface area contributed by atoms with Crippen LogP contribution in [0.15, 0.2) is 42.9 Å². The molecule has 0 aliphatic rings. The molecule has 6 heteroatoms. The number of hydrogen-bond acceptors (Lipinski definition) is 5. The molecule has 3 aromatic rings. The maximum Gasteiger partial charge on any atom is 0.141 e. The number of aliphatic hydroxyl groups excluding tert-OH is 1. The van der Waals surface area contributed by atoms with Gasteiger partial charge in [0, 0.05) is 41.3 Å². The molecule has 1 N–H and O–H groups in total. The van der Waals surface area contributed by atoms with Gasteiger partial charge in [0.1, 0.15) is 11.5 Å². The van der Waals surface area contributed by atoms with Crippen molar-refractivity contribution in [2.75, 3.05) is 19.0 Å². The lowest BCUT2D eigenvalue weighted by atomic mass is 10.0. The van der Waals surface area contributed by atoms with Crippen LogP contribution < -0.4 is 4.90 Å². The summed E-state index contributed by atoms with van der Waals surface area (Å²) in [6.45, 7) is 0.0146. The Balaban J connectivity index is 2.01. The van der Waals surface area contributed by atoms with Crippen LogP contribution in [0.3, 0.4) is 0 Å². The third-order valence-corrected chi connectivity index (χ3v) is 5.24. The zero-order chi connectivity index (χ0) is 17.1. The molecular formula is C18H18ClN3OS. The Morgan fingerprint density at radius 3 is 2.79 bits per heavy atom. The van der Waals surface area contributed by atoms with Gasteiger partial charge in [-0.05, 0) is 35.7 Å². The molecule has 0 unspecified atom stereocenters. The Bertz CT molecular complexity index is 848. The number of aromatic nitrogens is 2. The van der Waals surface area contributed by atoms with Crippen molar-refractivity contribution in [3.8, 4) is 10.4 Å². The topological polar surface area (TPSA) is 49.2 Å². The summed E-state index contributed by atoms with van der Waals surface area (Å²) in [5, 5.41) is 9.94. The number of halogens is 1. The molecule has 1 aromatic carbocycles. The third-order valence-electron chi connectivity index (χ3n) is 3.75. The van der Waals surface area contributed by atoms with Crippen molar-refractivity contribution in [2.45, 2.75) is 13.0 Å². The SMILES string of the molecule is CN(C)c1cccc(Cc2cc(CO)sc2-c2cncnc2Cl)c1. The monoisotopic (exact) mass is 359 g/mol. The smallest absolute Gasteiger partial charge is 0.141 e. The van der Waals surface area contributed by atoms with E-state index in [1.54, 1.807) is 6.20 Å². The van der Waals surface area contributed by atoms with E-state index in [0.717, 1.165) is 33.0 Å². The van der Waals surface area contributed by atoms with Gasteiger partial charge in [-0.3, -0.25) is 0 Å². The lowest BCUT2D eigenvalue weighted by molar-refractivity contribution is 0.285. The molecule has 0 atom stereocenters. The molecule has 124 valence electrons. The molecule has 0 radical (unpaired) electrons. The molecule has 24 heavy (non-hydrogen) atoms. The summed E-state index contributed by atoms with van der Waals surface area (Å²) in [6, 6.07) is 10.5. The molecule has 4 nitrogen and oxygen atoms in total. The minimum Gasteiger partial charge on any atom is -0.391 e. The van der Waals surface area contributed by atoms with Gasteiger partial charge in [0.15, 0.2) is 0 Å². The molecule has 0 aliphatic heterocycles. The zero-order valence-corrected chi connectivity index (χ0v) is 15.1. The summed E-state index contributed by atoms with van der Waals surface area (Å²) in [4.78, 5) is 12.2. The molecular weight excluding hydrogens is 342 g/mol. The first kappa shape index (κ1) is 16.9. The maximum atomic E-state index is 9.51. The van der Waals surface area contributed by atoms with Crippen LogP contribution >= 0.6 is 22.9 Å². The van der Waals surface area contributed by atoms with Crippen LogP contribution in [-0.2, 0) is 13.0 Å². The maximum absolute atomic E-state index is 9.51. The summed E-state index contributed by atoms with van der Waals surface area (Å²) < 4.78 is 0. The number of benzene rings is 1. The fourth-order valence-corrected chi connectivity index (χ4v) is 3.85. The average molecular weight is 360 g/mol. The van der Waals surface area contributed by atoms with E-state index < -0.39 is 0 Å². The van der Waals surface area contributed by atoms with Crippen molar-refractivity contribution in [2.24, 2.45) is 0 Å². The standard InChI is InChI=1S/C18H18ClN3OS/c1-22(2)14-5-3-4-12(7-14)6-13-8-15(10-23)24-17(13)16-9-20-11-21-18(16)19/h3-5,7-9,11,23H,6,10H2,1-2H3. The Kier molecular flexibility index (Phi) is 5.14. The van der Waals surface area contributed by atoms with Gasteiger partial charge in [-0.1, -0.05) is 23.7 Å². The van der Waals surface area contributed by atoms with E-state index in [-0.39, 0.29) is 6.61 Å². The Morgan fingerprint density at radius 1 is 1.25 bits per heavy atom. The number of anilines is 1. The quantitative estimate of drug-likeness (QED) is 0.699. The van der Waals surface area contributed by atoms with Crippen LogP contribution in [0, 0.1) is 0 Å². The van der Waals surface area contributed by atoms with E-state index in [1.807, 2.05) is 20.2 Å². The van der Waals surface area contributed by atoms with Gasteiger partial charge in [-0.25, -0.2) is 9.97 Å². The lowest BCUT2D eigenvalue weighted by Crippen LogP contribution is -2.08. The first-order valence-corrected chi connectivity index (χ1v) is 8.72. The highest BCUT2D eigenvalue weighted by Gasteiger charge is 2.15. The van der Waals surface area contributed by atoms with Gasteiger partial charge in [0.25, 0.3) is 0 Å². The third kappa shape index (κ3) is 3.59. The van der Waals surface area contributed by atoms with Crippen molar-refractivity contribution in [1.82, 2.24) is 9.97 Å². The number of hydrogen-bond donors (Lipinski definition) is 1. The number of rotatable bonds is 5. The molecule has 3 rings (SSSR count). The van der Waals surface area contributed by atoms with Gasteiger partial charge in [0.05, 0.1) is 6.61 Å². The second-order valence-corrected chi connectivity index (χ2v) is 7.19. The van der Waals surface area contributed by atoms with Crippen LogP contribution in [0.2, 0.25) is 5.15 Å². The second kappa shape index (κ2) is 7.30. The number of thiophene rings is 1. The van der Waals surface area contributed by atoms with Crippen LogP contribution in [0.4, 0.5) is 5.69 Å². The predicted octanol–water partition coefficient (Wildman–Crippen LogP) is 4.01. The fraction of sp³-hybridized carbons (Fsp3) is 0.222. The largest absolute Gasteiger partial charge is 0.391 e. The van der Waals surface area contributed by atoms with Gasteiger partial charge >= 0.3 is 0 Å². The molecule has 0 spiro atoms. The van der Waals surface area contributed by atoms with Crippen molar-refractivity contribution >= 4 is 28.6 Å². The second-order valence-electron chi connectivity index (χ2n) is 5.69. The van der Waals surface area contributed by atoms with Crippen molar-refractivity contribution in [3.05, 3.63) is 64.0 Å². The van der Waals surface area contributed by atoms with Crippen LogP contribution in [0.25, 0.3) is 10.4 Å². The number of aliphatic hydroxyl groups is 1. The Labute approximate surface area is 150 Å². The van der Waals surface area contributed by atoms with E-state index in [2.05, 4.69) is 39.1 Å². The minimum atomic E-state index is 0.0146. The number of nitrogens with zero attached hydrogens (tertiary/aromatic N) is 3. The predicted molar refractivity (Wildman–Crippen MR) is 99.9 cm³/mol. The summed E-state index contributed by atoms with van der Waals surface area (Å²) >= 11 is 7.77. The summed E-state index contributed by atoms with van der Waals surface area (Å²) in [5.74, 6) is 0. The van der Waals surface area contributed by atoms with Crippen molar-refractivity contribution in [3.63, 3.8) is 0 Å². The summed E-state index contributed by atoms with van der Waals surface area (Å²) in [6.07, 6.45) is 3.92. The van der Waals surface area contributed by atoms with E-state index >= 15 is 0 Å². The average Bonchev–Trinajstić information content (AvgIpc) is 2.98. The molecule has 2 aromatic heterocycles. The van der Waals surface area contributed by atoms with Crippen molar-refractivity contribution in [1.29, 1.82) is 0 Å². The highest BCUT2D eigenvalue weighted by atomic mass is 35.5. The Morgan fingerprint density at radius 2 is 2.08 bits per heavy atom. The highest BCUT2D eigenvalue weighted by molar-refractivity contribution is 7.15. The molecule has 2 heterocycles. The normalized spacial score (nSPS) is 10.8. The minimum absolute atomic E-state index is 0.0146. The van der Waals surface area contributed by atoms with Crippen LogP contribution in [0.5, 0.6) is 0 Å². The summed E-state index contributed by atoms with van der Waals surface area (Å²) in [7, 11) is 4.06. The van der Waals surface area contributed by atoms with Gasteiger partial charge in [-0.2, -0.15) is 0 Å². The molecule has 0 aliphatic carbocycles. The zero-order valence-electron chi connectivity index (χ0n) is 13.5. The van der Waals surface area contributed by atoms with Gasteiger partial charge < -0.3 is 10.0 Å². The van der Waals surface area contributed by atoms with E-state index in [0.29, 0.717) is 5.15 Å². The van der Waals surface area contributed by atoms with Gasteiger partial charge in [0.2, 0.25) is 0 Å². The van der Waals surface area contributed by atoms with E-state index in [1.165, 1.54) is 23.2 Å². The fourth-order valence-electron chi connectivity index (χ4n) is 2.55. The molecule has 0 saturated carbocycles. The Hall–Kier alpha value is -1.95. The summed E-state index contributed by atoms with van der Waals surface area (Å²) in [5.41, 5.74) is 4.30. The molecule has 0 fully saturated rings. The highest BCUT2D eigenvalue weighted by Crippen LogP contribution is 2.37. The molecule has 0 amide bonds. The van der Waals surface area contributed by atoms with E-state index in [4.69, 9.17) is 11.6 Å².